The molecule has 1 unspecified atom stereocenters. The highest BCUT2D eigenvalue weighted by molar-refractivity contribution is 7.90. The summed E-state index contributed by atoms with van der Waals surface area (Å²) in [6.45, 7) is 1.25. The molecule has 0 bridgehead atoms. The number of hydrogen-bond donors (Lipinski definition) is 1. The summed E-state index contributed by atoms with van der Waals surface area (Å²) < 4.78 is 23.8. The second kappa shape index (κ2) is 7.84. The topological polar surface area (TPSA) is 110 Å². The summed E-state index contributed by atoms with van der Waals surface area (Å²) in [5.74, 6) is 0.355. The van der Waals surface area contributed by atoms with E-state index in [0.29, 0.717) is 18.8 Å². The summed E-state index contributed by atoms with van der Waals surface area (Å²) >= 11 is 0. The third-order valence-corrected chi connectivity index (χ3v) is 6.51. The molecule has 27 heavy (non-hydrogen) atoms. The maximum Gasteiger partial charge on any atom is 0.288 e. The van der Waals surface area contributed by atoms with Gasteiger partial charge >= 0.3 is 0 Å². The highest BCUT2D eigenvalue weighted by Crippen LogP contribution is 2.29. The molecule has 1 atom stereocenters. The molecular formula is C18H25N3O5S. The van der Waals surface area contributed by atoms with Gasteiger partial charge in [-0.3, -0.25) is 14.9 Å². The molecule has 2 aliphatic rings. The summed E-state index contributed by atoms with van der Waals surface area (Å²) in [7, 11) is -3.72. The van der Waals surface area contributed by atoms with Gasteiger partial charge in [0, 0.05) is 43.1 Å². The smallest absolute Gasteiger partial charge is 0.288 e. The molecule has 1 heterocycles. The van der Waals surface area contributed by atoms with Crippen LogP contribution in [-0.4, -0.2) is 49.5 Å². The molecule has 0 spiro atoms. The van der Waals surface area contributed by atoms with Crippen molar-refractivity contribution in [2.75, 3.05) is 24.7 Å². The van der Waals surface area contributed by atoms with Gasteiger partial charge in [-0.2, -0.15) is 0 Å². The van der Waals surface area contributed by atoms with Crippen molar-refractivity contribution in [3.05, 3.63) is 28.3 Å². The minimum atomic E-state index is -3.72. The Kier molecular flexibility index (Phi) is 5.69. The molecule has 1 N–H and O–H groups in total. The first kappa shape index (κ1) is 19.6. The molecule has 3 rings (SSSR count). The van der Waals surface area contributed by atoms with Crippen LogP contribution in [0.1, 0.15) is 38.5 Å². The van der Waals surface area contributed by atoms with Gasteiger partial charge in [-0.1, -0.05) is 19.3 Å². The first-order valence-corrected chi connectivity index (χ1v) is 11.2. The Bertz CT molecular complexity index is 833. The van der Waals surface area contributed by atoms with Crippen molar-refractivity contribution in [3.63, 3.8) is 0 Å². The Hall–Kier alpha value is -2.16. The van der Waals surface area contributed by atoms with E-state index < -0.39 is 20.4 Å². The number of nitro groups is 1. The lowest BCUT2D eigenvalue weighted by molar-refractivity contribution is -0.387. The van der Waals surface area contributed by atoms with Gasteiger partial charge in [0.15, 0.2) is 9.84 Å². The second-order valence-corrected chi connectivity index (χ2v) is 9.45. The van der Waals surface area contributed by atoms with E-state index in [-0.39, 0.29) is 22.8 Å². The highest BCUT2D eigenvalue weighted by atomic mass is 32.2. The lowest BCUT2D eigenvalue weighted by Crippen LogP contribution is -2.36. The molecular weight excluding hydrogens is 370 g/mol. The van der Waals surface area contributed by atoms with E-state index in [1.54, 1.807) is 0 Å². The third kappa shape index (κ3) is 4.58. The molecule has 0 radical (unpaired) electrons. The van der Waals surface area contributed by atoms with Crippen molar-refractivity contribution < 1.29 is 18.1 Å². The standard InChI is InChI=1S/C18H25N3O5S/c1-27(25,26)17-11-14(7-8-16(17)21(23)24)19-15-9-10-20(12-15)18(22)13-5-3-2-4-6-13/h7-8,11,13,15,19H,2-6,9-10,12H2,1H3. The number of amides is 1. The number of sulfone groups is 1. The fraction of sp³-hybridized carbons (Fsp3) is 0.611. The van der Waals surface area contributed by atoms with Crippen molar-refractivity contribution in [1.29, 1.82) is 0 Å². The number of anilines is 1. The highest BCUT2D eigenvalue weighted by Gasteiger charge is 2.32. The zero-order valence-electron chi connectivity index (χ0n) is 15.4. The molecule has 1 aliphatic carbocycles. The van der Waals surface area contributed by atoms with Gasteiger partial charge < -0.3 is 10.2 Å². The Labute approximate surface area is 159 Å². The van der Waals surface area contributed by atoms with Crippen LogP contribution in [0.15, 0.2) is 23.1 Å². The zero-order chi connectivity index (χ0) is 19.6. The largest absolute Gasteiger partial charge is 0.380 e. The van der Waals surface area contributed by atoms with E-state index >= 15 is 0 Å². The number of nitrogens with one attached hydrogen (secondary N) is 1. The molecule has 1 aliphatic heterocycles. The monoisotopic (exact) mass is 395 g/mol. The van der Waals surface area contributed by atoms with Crippen LogP contribution >= 0.6 is 0 Å². The van der Waals surface area contributed by atoms with Gasteiger partial charge in [0.2, 0.25) is 5.91 Å². The molecule has 8 nitrogen and oxygen atoms in total. The van der Waals surface area contributed by atoms with Crippen molar-refractivity contribution in [3.8, 4) is 0 Å². The molecule has 1 aromatic carbocycles. The zero-order valence-corrected chi connectivity index (χ0v) is 16.2. The van der Waals surface area contributed by atoms with E-state index in [4.69, 9.17) is 0 Å². The van der Waals surface area contributed by atoms with Gasteiger partial charge in [-0.25, -0.2) is 8.42 Å². The van der Waals surface area contributed by atoms with Gasteiger partial charge in [-0.15, -0.1) is 0 Å². The minimum absolute atomic E-state index is 0.00593. The molecule has 1 aromatic rings. The molecule has 9 heteroatoms. The average molecular weight is 395 g/mol. The number of nitrogens with zero attached hydrogens (tertiary/aromatic N) is 2. The first-order valence-electron chi connectivity index (χ1n) is 9.29. The van der Waals surface area contributed by atoms with Crippen LogP contribution in [0.25, 0.3) is 0 Å². The maximum absolute atomic E-state index is 12.6. The lowest BCUT2D eigenvalue weighted by atomic mass is 9.88. The summed E-state index contributed by atoms with van der Waals surface area (Å²) in [4.78, 5) is 24.6. The summed E-state index contributed by atoms with van der Waals surface area (Å²) in [6, 6.07) is 4.03. The number of nitro benzene ring substituents is 1. The molecule has 2 fully saturated rings. The molecule has 0 aromatic heterocycles. The SMILES string of the molecule is CS(=O)(=O)c1cc(NC2CCN(C(=O)C3CCCCC3)C2)ccc1[N+](=O)[O-]. The number of rotatable bonds is 5. The van der Waals surface area contributed by atoms with E-state index in [1.165, 1.54) is 24.6 Å². The molecule has 1 saturated carbocycles. The fourth-order valence-corrected chi connectivity index (χ4v) is 4.84. The normalized spacial score (nSPS) is 21.2. The van der Waals surface area contributed by atoms with Crippen molar-refractivity contribution >= 4 is 27.1 Å². The third-order valence-electron chi connectivity index (χ3n) is 5.38. The van der Waals surface area contributed by atoms with Crippen molar-refractivity contribution in [2.45, 2.75) is 49.5 Å². The van der Waals surface area contributed by atoms with E-state index in [1.807, 2.05) is 4.90 Å². The van der Waals surface area contributed by atoms with Gasteiger partial charge in [-0.05, 0) is 31.4 Å². The predicted molar refractivity (Wildman–Crippen MR) is 101 cm³/mol. The van der Waals surface area contributed by atoms with E-state index in [9.17, 15) is 23.3 Å². The Morgan fingerprint density at radius 3 is 2.56 bits per heavy atom. The fourth-order valence-electron chi connectivity index (χ4n) is 3.97. The number of benzene rings is 1. The average Bonchev–Trinajstić information content (AvgIpc) is 3.09. The summed E-state index contributed by atoms with van der Waals surface area (Å²) in [5.41, 5.74) is 0.0848. The predicted octanol–water partition coefficient (Wildman–Crippen LogP) is 2.59. The number of hydrogen-bond acceptors (Lipinski definition) is 6. The lowest BCUT2D eigenvalue weighted by Gasteiger charge is -2.26. The van der Waals surface area contributed by atoms with Gasteiger partial charge in [0.1, 0.15) is 4.90 Å². The van der Waals surface area contributed by atoms with Crippen LogP contribution in [-0.2, 0) is 14.6 Å². The quantitative estimate of drug-likeness (QED) is 0.606. The molecule has 148 valence electrons. The van der Waals surface area contributed by atoms with Crippen LogP contribution in [0.2, 0.25) is 0 Å². The molecule has 1 saturated heterocycles. The maximum atomic E-state index is 12.6. The molecule has 1 amide bonds. The van der Waals surface area contributed by atoms with Crippen LogP contribution < -0.4 is 5.32 Å². The van der Waals surface area contributed by atoms with E-state index in [2.05, 4.69) is 5.32 Å². The summed E-state index contributed by atoms with van der Waals surface area (Å²) in [5, 5.41) is 14.3. The minimum Gasteiger partial charge on any atom is -0.380 e. The Morgan fingerprint density at radius 1 is 1.22 bits per heavy atom. The van der Waals surface area contributed by atoms with Gasteiger partial charge in [0.05, 0.1) is 4.92 Å². The van der Waals surface area contributed by atoms with Gasteiger partial charge in [0.25, 0.3) is 5.69 Å². The first-order chi connectivity index (χ1) is 12.8. The van der Waals surface area contributed by atoms with E-state index in [0.717, 1.165) is 38.4 Å². The van der Waals surface area contributed by atoms with Crippen molar-refractivity contribution in [2.24, 2.45) is 5.92 Å². The second-order valence-electron chi connectivity index (χ2n) is 7.46. The summed E-state index contributed by atoms with van der Waals surface area (Å²) in [6.07, 6.45) is 7.09. The number of carbonyl (C=O) groups is 1. The van der Waals surface area contributed by atoms with Crippen LogP contribution in [0.5, 0.6) is 0 Å². The Morgan fingerprint density at radius 2 is 1.93 bits per heavy atom. The number of likely N-dealkylation sites (tertiary alicyclic amines) is 1. The van der Waals surface area contributed by atoms with Crippen molar-refractivity contribution in [1.82, 2.24) is 4.90 Å². The van der Waals surface area contributed by atoms with Crippen LogP contribution in [0, 0.1) is 16.0 Å². The van der Waals surface area contributed by atoms with Crippen LogP contribution in [0.3, 0.4) is 0 Å². The van der Waals surface area contributed by atoms with Crippen LogP contribution in [0.4, 0.5) is 11.4 Å². The number of carbonyl (C=O) groups excluding carboxylic acids is 1. The Balaban J connectivity index is 1.68.